The lowest BCUT2D eigenvalue weighted by Crippen LogP contribution is -2.25. The van der Waals surface area contributed by atoms with E-state index in [1.807, 2.05) is 0 Å². The lowest BCUT2D eigenvalue weighted by atomic mass is 9.68. The molecule has 0 amide bonds. The summed E-state index contributed by atoms with van der Waals surface area (Å²) in [5, 5.41) is 0. The van der Waals surface area contributed by atoms with Crippen LogP contribution in [0.25, 0.3) is 0 Å². The second kappa shape index (κ2) is 11.7. The molecule has 2 aliphatic carbocycles. The van der Waals surface area contributed by atoms with Crippen LogP contribution in [-0.2, 0) is 6.61 Å². The number of benzene rings is 2. The van der Waals surface area contributed by atoms with E-state index in [1.54, 1.807) is 0 Å². The summed E-state index contributed by atoms with van der Waals surface area (Å²) in [6.45, 7) is 1.77. The Hall–Kier alpha value is -2.11. The second-order valence-electron chi connectivity index (χ2n) is 10.5. The monoisotopic (exact) mass is 494 g/mol. The molecule has 0 bridgehead atoms. The van der Waals surface area contributed by atoms with Gasteiger partial charge in [-0.05, 0) is 97.6 Å². The molecule has 2 aliphatic rings. The van der Waals surface area contributed by atoms with Gasteiger partial charge in [0.25, 0.3) is 0 Å². The van der Waals surface area contributed by atoms with E-state index >= 15 is 0 Å². The fourth-order valence-electron chi connectivity index (χ4n) is 6.16. The van der Waals surface area contributed by atoms with E-state index in [4.69, 9.17) is 4.74 Å². The SMILES string of the molecule is CCCCC1CCC(C2CCC(c3cc(F)c(OCc4cc(F)c(F)c(F)c4)c(F)c3)CC2)CC1. The van der Waals surface area contributed by atoms with Crippen molar-refractivity contribution in [1.29, 1.82) is 0 Å². The Morgan fingerprint density at radius 3 is 1.80 bits per heavy atom. The molecule has 0 heterocycles. The summed E-state index contributed by atoms with van der Waals surface area (Å²) in [4.78, 5) is 0. The van der Waals surface area contributed by atoms with Gasteiger partial charge in [-0.15, -0.1) is 0 Å². The van der Waals surface area contributed by atoms with Gasteiger partial charge in [-0.25, -0.2) is 22.0 Å². The van der Waals surface area contributed by atoms with Crippen LogP contribution in [0.5, 0.6) is 5.75 Å². The highest BCUT2D eigenvalue weighted by Crippen LogP contribution is 2.45. The maximum atomic E-state index is 14.7. The van der Waals surface area contributed by atoms with Crippen LogP contribution in [0.15, 0.2) is 24.3 Å². The molecule has 0 atom stereocenters. The van der Waals surface area contributed by atoms with Crippen molar-refractivity contribution in [3.63, 3.8) is 0 Å². The zero-order chi connectivity index (χ0) is 24.9. The van der Waals surface area contributed by atoms with E-state index in [-0.39, 0.29) is 11.5 Å². The molecule has 0 aromatic heterocycles. The van der Waals surface area contributed by atoms with Crippen LogP contribution >= 0.6 is 0 Å². The molecular formula is C29H35F5O. The summed E-state index contributed by atoms with van der Waals surface area (Å²) < 4.78 is 74.4. The molecule has 35 heavy (non-hydrogen) atoms. The Morgan fingerprint density at radius 1 is 0.714 bits per heavy atom. The van der Waals surface area contributed by atoms with Crippen molar-refractivity contribution in [3.8, 4) is 5.75 Å². The van der Waals surface area contributed by atoms with Crippen molar-refractivity contribution in [2.75, 3.05) is 0 Å². The van der Waals surface area contributed by atoms with Gasteiger partial charge in [-0.2, -0.15) is 0 Å². The van der Waals surface area contributed by atoms with Gasteiger partial charge in [0.15, 0.2) is 34.8 Å². The van der Waals surface area contributed by atoms with E-state index in [0.29, 0.717) is 11.5 Å². The quantitative estimate of drug-likeness (QED) is 0.262. The minimum absolute atomic E-state index is 0.0537. The van der Waals surface area contributed by atoms with Gasteiger partial charge in [0.05, 0.1) is 0 Å². The molecule has 0 spiro atoms. The largest absolute Gasteiger partial charge is 0.483 e. The van der Waals surface area contributed by atoms with Crippen LogP contribution in [0.2, 0.25) is 0 Å². The molecule has 2 saturated carbocycles. The maximum Gasteiger partial charge on any atom is 0.194 e. The van der Waals surface area contributed by atoms with Gasteiger partial charge in [0, 0.05) is 0 Å². The molecular weight excluding hydrogens is 459 g/mol. The topological polar surface area (TPSA) is 9.23 Å². The van der Waals surface area contributed by atoms with Crippen molar-refractivity contribution in [1.82, 2.24) is 0 Å². The van der Waals surface area contributed by atoms with Gasteiger partial charge >= 0.3 is 0 Å². The summed E-state index contributed by atoms with van der Waals surface area (Å²) in [6.07, 6.45) is 13.3. The van der Waals surface area contributed by atoms with Gasteiger partial charge in [0.1, 0.15) is 6.61 Å². The standard InChI is InChI=1S/C29H35F5O/c1-2-3-4-18-5-7-20(8-6-18)21-9-11-22(12-10-21)23-15-26(32)29(27(33)16-23)35-17-19-13-24(30)28(34)25(31)14-19/h13-16,18,20-22H,2-12,17H2,1H3. The molecule has 0 aliphatic heterocycles. The van der Waals surface area contributed by atoms with Crippen molar-refractivity contribution < 1.29 is 26.7 Å². The summed E-state index contributed by atoms with van der Waals surface area (Å²) in [5.74, 6) is -4.09. The molecule has 4 rings (SSSR count). The molecule has 2 aromatic rings. The lowest BCUT2D eigenvalue weighted by Gasteiger charge is -2.38. The van der Waals surface area contributed by atoms with Crippen LogP contribution < -0.4 is 4.74 Å². The summed E-state index contributed by atoms with van der Waals surface area (Å²) in [5.41, 5.74) is 0.579. The number of rotatable bonds is 8. The third-order valence-corrected chi connectivity index (χ3v) is 8.21. The first kappa shape index (κ1) is 26.0. The predicted octanol–water partition coefficient (Wildman–Crippen LogP) is 9.23. The van der Waals surface area contributed by atoms with E-state index in [0.717, 1.165) is 49.7 Å². The zero-order valence-electron chi connectivity index (χ0n) is 20.4. The fourth-order valence-corrected chi connectivity index (χ4v) is 6.16. The minimum atomic E-state index is -1.59. The van der Waals surface area contributed by atoms with Crippen LogP contribution in [0.1, 0.15) is 94.6 Å². The summed E-state index contributed by atoms with van der Waals surface area (Å²) >= 11 is 0. The summed E-state index contributed by atoms with van der Waals surface area (Å²) in [6, 6.07) is 4.12. The Balaban J connectivity index is 1.31. The molecule has 6 heteroatoms. The normalized spacial score (nSPS) is 25.0. The van der Waals surface area contributed by atoms with Crippen molar-refractivity contribution >= 4 is 0 Å². The molecule has 0 unspecified atom stereocenters. The van der Waals surface area contributed by atoms with Crippen molar-refractivity contribution in [3.05, 3.63) is 64.5 Å². The Bertz CT molecular complexity index is 945. The molecule has 2 aromatic carbocycles. The Labute approximate surface area is 205 Å². The maximum absolute atomic E-state index is 14.7. The van der Waals surface area contributed by atoms with Crippen molar-refractivity contribution in [2.45, 2.75) is 90.1 Å². The highest BCUT2D eigenvalue weighted by atomic mass is 19.2. The van der Waals surface area contributed by atoms with Crippen molar-refractivity contribution in [2.24, 2.45) is 17.8 Å². The lowest BCUT2D eigenvalue weighted by molar-refractivity contribution is 0.155. The molecule has 0 saturated heterocycles. The molecule has 0 N–H and O–H groups in total. The first-order chi connectivity index (χ1) is 16.9. The average molecular weight is 495 g/mol. The van der Waals surface area contributed by atoms with E-state index < -0.39 is 41.4 Å². The van der Waals surface area contributed by atoms with E-state index in [1.165, 1.54) is 57.1 Å². The minimum Gasteiger partial charge on any atom is -0.483 e. The highest BCUT2D eigenvalue weighted by molar-refractivity contribution is 5.34. The number of halogens is 5. The third-order valence-electron chi connectivity index (χ3n) is 8.21. The van der Waals surface area contributed by atoms with Gasteiger partial charge in [0.2, 0.25) is 0 Å². The van der Waals surface area contributed by atoms with Crippen LogP contribution in [-0.4, -0.2) is 0 Å². The number of hydrogen-bond acceptors (Lipinski definition) is 1. The molecule has 0 radical (unpaired) electrons. The number of unbranched alkanes of at least 4 members (excludes halogenated alkanes) is 1. The van der Waals surface area contributed by atoms with E-state index in [9.17, 15) is 22.0 Å². The third kappa shape index (κ3) is 6.37. The van der Waals surface area contributed by atoms with Crippen LogP contribution in [0.3, 0.4) is 0 Å². The number of hydrogen-bond donors (Lipinski definition) is 0. The average Bonchev–Trinajstić information content (AvgIpc) is 2.86. The molecule has 2 fully saturated rings. The highest BCUT2D eigenvalue weighted by Gasteiger charge is 2.31. The summed E-state index contributed by atoms with van der Waals surface area (Å²) in [7, 11) is 0. The Kier molecular flexibility index (Phi) is 8.72. The molecule has 1 nitrogen and oxygen atoms in total. The van der Waals surface area contributed by atoms with Crippen LogP contribution in [0.4, 0.5) is 22.0 Å². The van der Waals surface area contributed by atoms with E-state index in [2.05, 4.69) is 6.92 Å². The van der Waals surface area contributed by atoms with Gasteiger partial charge < -0.3 is 4.74 Å². The molecule has 192 valence electrons. The first-order valence-electron chi connectivity index (χ1n) is 13.1. The van der Waals surface area contributed by atoms with Gasteiger partial charge in [-0.3, -0.25) is 0 Å². The smallest absolute Gasteiger partial charge is 0.194 e. The first-order valence-corrected chi connectivity index (χ1v) is 13.1. The predicted molar refractivity (Wildman–Crippen MR) is 127 cm³/mol. The van der Waals surface area contributed by atoms with Gasteiger partial charge in [-0.1, -0.05) is 39.0 Å². The van der Waals surface area contributed by atoms with Crippen LogP contribution in [0, 0.1) is 46.8 Å². The Morgan fingerprint density at radius 2 is 1.26 bits per heavy atom. The second-order valence-corrected chi connectivity index (χ2v) is 10.5. The number of ether oxygens (including phenoxy) is 1. The zero-order valence-corrected chi connectivity index (χ0v) is 20.4. The fraction of sp³-hybridized carbons (Fsp3) is 0.586.